The molecule has 2 aromatic carbocycles. The average molecular weight is 361 g/mol. The van der Waals surface area contributed by atoms with Crippen molar-refractivity contribution in [3.63, 3.8) is 0 Å². The van der Waals surface area contributed by atoms with Gasteiger partial charge in [-0.3, -0.25) is 0 Å². The zero-order valence-electron chi connectivity index (χ0n) is 14.4. The summed E-state index contributed by atoms with van der Waals surface area (Å²) in [5.74, 6) is 0. The summed E-state index contributed by atoms with van der Waals surface area (Å²) in [7, 11) is -3.10. The number of carbonyl (C=O) groups excluding carboxylic acids is 1. The van der Waals surface area contributed by atoms with Crippen molar-refractivity contribution >= 4 is 21.7 Å². The third-order valence-electron chi connectivity index (χ3n) is 3.49. The van der Waals surface area contributed by atoms with E-state index in [9.17, 15) is 9.00 Å². The molecule has 0 fully saturated rings. The van der Waals surface area contributed by atoms with Crippen LogP contribution in [0.5, 0.6) is 0 Å². The highest BCUT2D eigenvalue weighted by atomic mass is 32.2. The third kappa shape index (κ3) is 4.51. The van der Waals surface area contributed by atoms with Gasteiger partial charge in [0, 0.05) is 18.8 Å². The predicted octanol–water partition coefficient (Wildman–Crippen LogP) is 3.69. The molecular weight excluding hydrogens is 338 g/mol. The van der Waals surface area contributed by atoms with E-state index >= 15 is 0 Å². The molecule has 6 nitrogen and oxygen atoms in total. The lowest BCUT2D eigenvalue weighted by Gasteiger charge is -2.24. The summed E-state index contributed by atoms with van der Waals surface area (Å²) in [4.78, 5) is 13.0. The number of nitrogens with two attached hydrogens (primary N) is 1. The number of hydrogen-bond donors (Lipinski definition) is 1. The van der Waals surface area contributed by atoms with Crippen LogP contribution in [0.2, 0.25) is 0 Å². The second-order valence-electron chi connectivity index (χ2n) is 5.25. The van der Waals surface area contributed by atoms with E-state index in [1.807, 2.05) is 30.3 Å². The number of anilines is 1. The fourth-order valence-electron chi connectivity index (χ4n) is 2.29. The fraction of sp³-hybridized carbons (Fsp3) is 0.278. The maximum atomic E-state index is 13.5. The molecule has 0 saturated heterocycles. The summed E-state index contributed by atoms with van der Waals surface area (Å²) in [5.41, 5.74) is 7.11. The van der Waals surface area contributed by atoms with Gasteiger partial charge < -0.3 is 10.5 Å². The molecular formula is C18H23N3O3S. The molecule has 0 radical (unpaired) electrons. The second-order valence-corrected chi connectivity index (χ2v) is 7.41. The van der Waals surface area contributed by atoms with Crippen LogP contribution in [0.1, 0.15) is 19.4 Å². The van der Waals surface area contributed by atoms with E-state index in [-0.39, 0.29) is 13.2 Å². The molecule has 0 spiro atoms. The summed E-state index contributed by atoms with van der Waals surface area (Å²) >= 11 is 0. The van der Waals surface area contributed by atoms with Crippen LogP contribution in [0.25, 0.3) is 0 Å². The lowest BCUT2D eigenvalue weighted by atomic mass is 10.2. The Balaban J connectivity index is 2.27. The Morgan fingerprint density at radius 2 is 1.76 bits per heavy atom. The highest BCUT2D eigenvalue weighted by Gasteiger charge is 2.27. The Kier molecular flexibility index (Phi) is 6.41. The van der Waals surface area contributed by atoms with E-state index < -0.39 is 16.0 Å². The lowest BCUT2D eigenvalue weighted by molar-refractivity contribution is 0.121. The summed E-state index contributed by atoms with van der Waals surface area (Å²) in [5, 5.41) is 0. The number of amides is 1. The number of benzene rings is 2. The second kappa shape index (κ2) is 8.53. The SMILES string of the molecule is CCN=S(=O)(c1ccc(N)cc1)N(CC)C(=O)OCc1ccccc1. The first-order valence-corrected chi connectivity index (χ1v) is 9.55. The molecule has 7 heteroatoms. The van der Waals surface area contributed by atoms with Crippen molar-refractivity contribution in [2.24, 2.45) is 4.36 Å². The molecule has 25 heavy (non-hydrogen) atoms. The number of nitrogen functional groups attached to an aromatic ring is 1. The third-order valence-corrected chi connectivity index (χ3v) is 5.99. The molecule has 0 aromatic heterocycles. The number of ether oxygens (including phenoxy) is 1. The summed E-state index contributed by atoms with van der Waals surface area (Å²) in [6.07, 6.45) is -0.662. The van der Waals surface area contributed by atoms with Crippen LogP contribution in [0.4, 0.5) is 10.5 Å². The quantitative estimate of drug-likeness (QED) is 0.795. The van der Waals surface area contributed by atoms with Gasteiger partial charge in [-0.2, -0.15) is 0 Å². The van der Waals surface area contributed by atoms with Crippen LogP contribution in [-0.4, -0.2) is 27.7 Å². The molecule has 0 saturated carbocycles. The van der Waals surface area contributed by atoms with Gasteiger partial charge in [0.15, 0.2) is 9.92 Å². The van der Waals surface area contributed by atoms with Crippen molar-refractivity contribution in [1.29, 1.82) is 0 Å². The predicted molar refractivity (Wildman–Crippen MR) is 99.2 cm³/mol. The number of rotatable bonds is 6. The molecule has 2 aromatic rings. The first-order chi connectivity index (χ1) is 12.0. The smallest absolute Gasteiger partial charge is 0.422 e. The van der Waals surface area contributed by atoms with Crippen LogP contribution < -0.4 is 5.73 Å². The molecule has 1 unspecified atom stereocenters. The maximum Gasteiger partial charge on any atom is 0.422 e. The molecule has 0 heterocycles. The maximum absolute atomic E-state index is 13.5. The first kappa shape index (κ1) is 18.8. The van der Waals surface area contributed by atoms with E-state index in [4.69, 9.17) is 10.5 Å². The van der Waals surface area contributed by atoms with E-state index in [0.29, 0.717) is 17.1 Å². The minimum Gasteiger partial charge on any atom is -0.444 e. The summed E-state index contributed by atoms with van der Waals surface area (Å²) < 4.78 is 24.2. The van der Waals surface area contributed by atoms with Crippen molar-refractivity contribution in [3.05, 3.63) is 60.2 Å². The Morgan fingerprint density at radius 1 is 1.12 bits per heavy atom. The van der Waals surface area contributed by atoms with Gasteiger partial charge in [0.1, 0.15) is 6.61 Å². The normalized spacial score (nSPS) is 12.9. The van der Waals surface area contributed by atoms with Gasteiger partial charge in [-0.1, -0.05) is 30.3 Å². The largest absolute Gasteiger partial charge is 0.444 e. The monoisotopic (exact) mass is 361 g/mol. The lowest BCUT2D eigenvalue weighted by Crippen LogP contribution is -2.37. The van der Waals surface area contributed by atoms with Gasteiger partial charge in [0.25, 0.3) is 0 Å². The van der Waals surface area contributed by atoms with Crippen molar-refractivity contribution in [2.45, 2.75) is 25.3 Å². The van der Waals surface area contributed by atoms with Crippen molar-refractivity contribution < 1.29 is 13.7 Å². The van der Waals surface area contributed by atoms with Gasteiger partial charge in [-0.05, 0) is 43.7 Å². The zero-order valence-corrected chi connectivity index (χ0v) is 15.2. The highest BCUT2D eigenvalue weighted by Crippen LogP contribution is 2.21. The molecule has 1 amide bonds. The Hall–Kier alpha value is -2.54. The van der Waals surface area contributed by atoms with Crippen molar-refractivity contribution in [1.82, 2.24) is 4.31 Å². The Morgan fingerprint density at radius 3 is 2.32 bits per heavy atom. The summed E-state index contributed by atoms with van der Waals surface area (Å²) in [6, 6.07) is 15.9. The molecule has 0 aliphatic heterocycles. The fourth-order valence-corrected chi connectivity index (χ4v) is 4.28. The van der Waals surface area contributed by atoms with Crippen molar-refractivity contribution in [2.75, 3.05) is 18.8 Å². The topological polar surface area (TPSA) is 85.0 Å². The van der Waals surface area contributed by atoms with Gasteiger partial charge in [0.05, 0.1) is 4.90 Å². The van der Waals surface area contributed by atoms with E-state index in [0.717, 1.165) is 5.56 Å². The average Bonchev–Trinajstić information content (AvgIpc) is 2.62. The summed E-state index contributed by atoms with van der Waals surface area (Å²) in [6.45, 7) is 4.15. The van der Waals surface area contributed by atoms with E-state index in [2.05, 4.69) is 4.36 Å². The van der Waals surface area contributed by atoms with Crippen LogP contribution in [0.15, 0.2) is 63.9 Å². The molecule has 2 N–H and O–H groups in total. The van der Waals surface area contributed by atoms with Crippen LogP contribution in [0.3, 0.4) is 0 Å². The number of hydrogen-bond acceptors (Lipinski definition) is 5. The zero-order chi connectivity index (χ0) is 18.3. The standard InChI is InChI=1S/C18H23N3O3S/c1-3-20-25(23,17-12-10-16(19)11-13-17)21(4-2)18(22)24-14-15-8-6-5-7-9-15/h5-13H,3-4,14,19H2,1-2H3. The highest BCUT2D eigenvalue weighted by molar-refractivity contribution is 7.91. The Labute approximate surface area is 148 Å². The van der Waals surface area contributed by atoms with Gasteiger partial charge in [-0.25, -0.2) is 17.7 Å². The number of carbonyl (C=O) groups is 1. The molecule has 2 rings (SSSR count). The van der Waals surface area contributed by atoms with Crippen LogP contribution >= 0.6 is 0 Å². The Bertz CT molecular complexity index is 813. The minimum atomic E-state index is -3.10. The van der Waals surface area contributed by atoms with E-state index in [1.54, 1.807) is 38.1 Å². The van der Waals surface area contributed by atoms with Crippen molar-refractivity contribution in [3.8, 4) is 0 Å². The van der Waals surface area contributed by atoms with Gasteiger partial charge >= 0.3 is 6.09 Å². The van der Waals surface area contributed by atoms with Gasteiger partial charge in [-0.15, -0.1) is 0 Å². The van der Waals surface area contributed by atoms with Gasteiger partial charge in [0.2, 0.25) is 0 Å². The van der Waals surface area contributed by atoms with Crippen LogP contribution in [-0.2, 0) is 21.3 Å². The molecule has 0 bridgehead atoms. The van der Waals surface area contributed by atoms with Crippen LogP contribution in [0, 0.1) is 0 Å². The number of nitrogens with zero attached hydrogens (tertiary/aromatic N) is 2. The molecule has 0 aliphatic carbocycles. The van der Waals surface area contributed by atoms with E-state index in [1.165, 1.54) is 4.31 Å². The molecule has 0 aliphatic rings. The molecule has 1 atom stereocenters. The first-order valence-electron chi connectivity index (χ1n) is 8.08. The molecule has 134 valence electrons. The minimum absolute atomic E-state index is 0.111.